The molecule has 2 unspecified atom stereocenters. The molecule has 1 aromatic rings. The fraction of sp³-hybridized carbons (Fsp3) is 0.308. The van der Waals surface area contributed by atoms with Crippen LogP contribution in [0.5, 0.6) is 0 Å². The zero-order valence-corrected chi connectivity index (χ0v) is 9.05. The van der Waals surface area contributed by atoms with Crippen LogP contribution in [-0.2, 0) is 0 Å². The first kappa shape index (κ1) is 11.7. The van der Waals surface area contributed by atoms with Crippen LogP contribution in [0.2, 0.25) is 0 Å². The van der Waals surface area contributed by atoms with Gasteiger partial charge in [-0.25, -0.2) is 0 Å². The van der Waals surface area contributed by atoms with Crippen LogP contribution in [-0.4, -0.2) is 17.0 Å². The molecule has 0 spiro atoms. The Labute approximate surface area is 90.3 Å². The van der Waals surface area contributed by atoms with E-state index in [2.05, 4.69) is 0 Å². The molecule has 80 valence electrons. The molecular weight excluding hydrogens is 188 g/mol. The first-order chi connectivity index (χ1) is 7.16. The molecule has 1 aromatic carbocycles. The van der Waals surface area contributed by atoms with Crippen molar-refractivity contribution < 1.29 is 9.90 Å². The molecule has 0 aromatic heterocycles. The van der Waals surface area contributed by atoms with Gasteiger partial charge >= 0.3 is 0 Å². The van der Waals surface area contributed by atoms with E-state index in [-0.39, 0.29) is 11.7 Å². The van der Waals surface area contributed by atoms with Crippen LogP contribution in [0.4, 0.5) is 0 Å². The van der Waals surface area contributed by atoms with E-state index in [1.165, 1.54) is 0 Å². The first-order valence-corrected chi connectivity index (χ1v) is 5.07. The molecule has 1 N–H and O–H groups in total. The third-order valence-corrected chi connectivity index (χ3v) is 2.32. The average Bonchev–Trinajstić information content (AvgIpc) is 2.28. The normalized spacial score (nSPS) is 15.1. The van der Waals surface area contributed by atoms with Crippen LogP contribution < -0.4 is 0 Å². The van der Waals surface area contributed by atoms with Gasteiger partial charge < -0.3 is 5.11 Å². The Morgan fingerprint density at radius 1 is 1.33 bits per heavy atom. The molecule has 0 heterocycles. The molecule has 0 aliphatic rings. The second-order valence-electron chi connectivity index (χ2n) is 3.56. The minimum atomic E-state index is -0.955. The minimum Gasteiger partial charge on any atom is -0.384 e. The van der Waals surface area contributed by atoms with E-state index in [0.717, 1.165) is 0 Å². The lowest BCUT2D eigenvalue weighted by atomic mass is 9.96. The SMILES string of the molecule is C/C=C/C(C)C(O)C(=O)c1ccccc1. The van der Waals surface area contributed by atoms with Gasteiger partial charge in [0, 0.05) is 11.5 Å². The molecular formula is C13H16O2. The van der Waals surface area contributed by atoms with Crippen LogP contribution in [0.15, 0.2) is 42.5 Å². The summed E-state index contributed by atoms with van der Waals surface area (Å²) in [7, 11) is 0. The van der Waals surface area contributed by atoms with Crippen molar-refractivity contribution in [1.29, 1.82) is 0 Å². The maximum atomic E-state index is 11.8. The molecule has 15 heavy (non-hydrogen) atoms. The summed E-state index contributed by atoms with van der Waals surface area (Å²) in [5.74, 6) is -0.371. The third kappa shape index (κ3) is 3.03. The van der Waals surface area contributed by atoms with E-state index in [1.807, 2.05) is 32.1 Å². The van der Waals surface area contributed by atoms with Gasteiger partial charge in [-0.05, 0) is 6.92 Å². The number of hydrogen-bond acceptors (Lipinski definition) is 2. The standard InChI is InChI=1S/C13H16O2/c1-3-7-10(2)12(14)13(15)11-8-5-4-6-9-11/h3-10,12,14H,1-2H3/b7-3+. The zero-order valence-electron chi connectivity index (χ0n) is 9.05. The van der Waals surface area contributed by atoms with Crippen LogP contribution in [0.1, 0.15) is 24.2 Å². The number of ketones is 1. The van der Waals surface area contributed by atoms with Crippen molar-refractivity contribution >= 4 is 5.78 Å². The summed E-state index contributed by atoms with van der Waals surface area (Å²) < 4.78 is 0. The summed E-state index contributed by atoms with van der Waals surface area (Å²) in [6, 6.07) is 8.86. The molecule has 2 heteroatoms. The number of aliphatic hydroxyl groups excluding tert-OH is 1. The number of carbonyl (C=O) groups is 1. The van der Waals surface area contributed by atoms with Gasteiger partial charge in [0.25, 0.3) is 0 Å². The number of aliphatic hydroxyl groups is 1. The molecule has 0 saturated heterocycles. The Morgan fingerprint density at radius 2 is 1.93 bits per heavy atom. The second kappa shape index (κ2) is 5.47. The van der Waals surface area contributed by atoms with Gasteiger partial charge in [-0.2, -0.15) is 0 Å². The minimum absolute atomic E-state index is 0.150. The lowest BCUT2D eigenvalue weighted by Crippen LogP contribution is -2.26. The lowest BCUT2D eigenvalue weighted by Gasteiger charge is -2.13. The van der Waals surface area contributed by atoms with Crippen molar-refractivity contribution in [2.45, 2.75) is 20.0 Å². The highest BCUT2D eigenvalue weighted by molar-refractivity contribution is 5.99. The summed E-state index contributed by atoms with van der Waals surface area (Å²) in [4.78, 5) is 11.8. The van der Waals surface area contributed by atoms with Crippen molar-refractivity contribution in [3.8, 4) is 0 Å². The zero-order chi connectivity index (χ0) is 11.3. The van der Waals surface area contributed by atoms with Crippen molar-refractivity contribution in [3.05, 3.63) is 48.0 Å². The maximum absolute atomic E-state index is 11.8. The molecule has 1 rings (SSSR count). The summed E-state index contributed by atoms with van der Waals surface area (Å²) >= 11 is 0. The number of carbonyl (C=O) groups excluding carboxylic acids is 1. The van der Waals surface area contributed by atoms with E-state index in [1.54, 1.807) is 24.3 Å². The van der Waals surface area contributed by atoms with Crippen molar-refractivity contribution in [2.75, 3.05) is 0 Å². The van der Waals surface area contributed by atoms with Gasteiger partial charge in [0.15, 0.2) is 5.78 Å². The number of benzene rings is 1. The third-order valence-electron chi connectivity index (χ3n) is 2.32. The molecule has 0 aliphatic carbocycles. The Kier molecular flexibility index (Phi) is 4.25. The van der Waals surface area contributed by atoms with Gasteiger partial charge in [-0.3, -0.25) is 4.79 Å². The summed E-state index contributed by atoms with van der Waals surface area (Å²) in [6.45, 7) is 3.70. The Morgan fingerprint density at radius 3 is 2.47 bits per heavy atom. The quantitative estimate of drug-likeness (QED) is 0.604. The molecule has 0 radical (unpaired) electrons. The Bertz CT molecular complexity index is 341. The Hall–Kier alpha value is -1.41. The number of allylic oxidation sites excluding steroid dienone is 1. The molecule has 0 aliphatic heterocycles. The molecule has 2 nitrogen and oxygen atoms in total. The van der Waals surface area contributed by atoms with Gasteiger partial charge in [0.05, 0.1) is 0 Å². The van der Waals surface area contributed by atoms with E-state index >= 15 is 0 Å². The first-order valence-electron chi connectivity index (χ1n) is 5.07. The number of Topliss-reactive ketones (excluding diaryl/α,β-unsaturated/α-hetero) is 1. The fourth-order valence-electron chi connectivity index (χ4n) is 1.42. The molecule has 0 saturated carbocycles. The summed E-state index contributed by atoms with van der Waals surface area (Å²) in [6.07, 6.45) is 2.71. The Balaban J connectivity index is 2.77. The fourth-order valence-corrected chi connectivity index (χ4v) is 1.42. The van der Waals surface area contributed by atoms with Gasteiger partial charge in [-0.15, -0.1) is 0 Å². The van der Waals surface area contributed by atoms with Crippen molar-refractivity contribution in [3.63, 3.8) is 0 Å². The predicted molar refractivity (Wildman–Crippen MR) is 60.8 cm³/mol. The van der Waals surface area contributed by atoms with E-state index in [9.17, 15) is 9.90 Å². The summed E-state index contributed by atoms with van der Waals surface area (Å²) in [5, 5.41) is 9.77. The smallest absolute Gasteiger partial charge is 0.191 e. The highest BCUT2D eigenvalue weighted by Crippen LogP contribution is 2.11. The van der Waals surface area contributed by atoms with E-state index < -0.39 is 6.10 Å². The highest BCUT2D eigenvalue weighted by Gasteiger charge is 2.21. The van der Waals surface area contributed by atoms with E-state index in [0.29, 0.717) is 5.56 Å². The van der Waals surface area contributed by atoms with Crippen molar-refractivity contribution in [1.82, 2.24) is 0 Å². The van der Waals surface area contributed by atoms with Crippen LogP contribution >= 0.6 is 0 Å². The van der Waals surface area contributed by atoms with Crippen LogP contribution in [0.25, 0.3) is 0 Å². The molecule has 0 bridgehead atoms. The van der Waals surface area contributed by atoms with Gasteiger partial charge in [0.2, 0.25) is 0 Å². The molecule has 0 amide bonds. The molecule has 0 fully saturated rings. The topological polar surface area (TPSA) is 37.3 Å². The average molecular weight is 204 g/mol. The predicted octanol–water partition coefficient (Wildman–Crippen LogP) is 2.44. The highest BCUT2D eigenvalue weighted by atomic mass is 16.3. The number of hydrogen-bond donors (Lipinski definition) is 1. The van der Waals surface area contributed by atoms with E-state index in [4.69, 9.17) is 0 Å². The van der Waals surface area contributed by atoms with Crippen molar-refractivity contribution in [2.24, 2.45) is 5.92 Å². The lowest BCUT2D eigenvalue weighted by molar-refractivity contribution is 0.0676. The molecule has 2 atom stereocenters. The maximum Gasteiger partial charge on any atom is 0.191 e. The second-order valence-corrected chi connectivity index (χ2v) is 3.56. The van der Waals surface area contributed by atoms with Crippen LogP contribution in [0, 0.1) is 5.92 Å². The summed E-state index contributed by atoms with van der Waals surface area (Å²) in [5.41, 5.74) is 0.557. The largest absolute Gasteiger partial charge is 0.384 e. The van der Waals surface area contributed by atoms with Gasteiger partial charge in [0.1, 0.15) is 6.10 Å². The van der Waals surface area contributed by atoms with Crippen LogP contribution in [0.3, 0.4) is 0 Å². The monoisotopic (exact) mass is 204 g/mol. The number of rotatable bonds is 4. The van der Waals surface area contributed by atoms with Gasteiger partial charge in [-0.1, -0.05) is 49.4 Å².